The Morgan fingerprint density at radius 3 is 1.33 bits per heavy atom. The average Bonchev–Trinajstić information content (AvgIpc) is 3.13. The number of rotatable bonds is 41. The molecule has 0 aromatic rings. The van der Waals surface area contributed by atoms with E-state index in [9.17, 15) is 19.8 Å². The van der Waals surface area contributed by atoms with E-state index in [-0.39, 0.29) is 18.5 Å². The largest absolute Gasteiger partial charge is 0.466 e. The van der Waals surface area contributed by atoms with Crippen molar-refractivity contribution >= 4 is 11.9 Å². The molecule has 0 radical (unpaired) electrons. The van der Waals surface area contributed by atoms with Gasteiger partial charge in [0.15, 0.2) is 0 Å². The Kier molecular flexibility index (Phi) is 40.2. The normalized spacial score (nSPS) is 12.8. The first-order valence-electron chi connectivity index (χ1n) is 22.5. The summed E-state index contributed by atoms with van der Waals surface area (Å²) in [6, 6.07) is -0.638. The van der Waals surface area contributed by atoms with Crippen LogP contribution in [0.2, 0.25) is 0 Å². The number of ether oxygens (including phenoxy) is 1. The molecule has 0 saturated heterocycles. The Bertz CT molecular complexity index is 757. The summed E-state index contributed by atoms with van der Waals surface area (Å²) < 4.78 is 5.44. The number of hydrogen-bond donors (Lipinski definition) is 3. The molecular weight excluding hydrogens is 634 g/mol. The minimum absolute atomic E-state index is 0.0141. The molecule has 6 nitrogen and oxygen atoms in total. The molecule has 3 N–H and O–H groups in total. The van der Waals surface area contributed by atoms with E-state index >= 15 is 0 Å². The van der Waals surface area contributed by atoms with Crippen molar-refractivity contribution in [3.63, 3.8) is 0 Å². The van der Waals surface area contributed by atoms with Crippen LogP contribution in [-0.4, -0.2) is 47.4 Å². The first-order chi connectivity index (χ1) is 25.0. The lowest BCUT2D eigenvalue weighted by molar-refractivity contribution is -0.143. The summed E-state index contributed by atoms with van der Waals surface area (Å²) in [4.78, 5) is 24.3. The van der Waals surface area contributed by atoms with Crippen LogP contribution in [-0.2, 0) is 14.3 Å². The van der Waals surface area contributed by atoms with Gasteiger partial charge in [0.1, 0.15) is 0 Å². The zero-order valence-electron chi connectivity index (χ0n) is 34.1. The Hall–Kier alpha value is -1.40. The number of aliphatic hydroxyl groups excluding tert-OH is 2. The maximum absolute atomic E-state index is 12.3. The molecule has 6 heteroatoms. The minimum atomic E-state index is -0.852. The molecule has 0 spiro atoms. The van der Waals surface area contributed by atoms with Crippen LogP contribution < -0.4 is 5.32 Å². The van der Waals surface area contributed by atoms with Crippen molar-refractivity contribution < 1.29 is 24.5 Å². The van der Waals surface area contributed by atoms with Crippen LogP contribution in [0.25, 0.3) is 0 Å². The van der Waals surface area contributed by atoms with Gasteiger partial charge < -0.3 is 20.3 Å². The third kappa shape index (κ3) is 38.1. The molecule has 2 unspecified atom stereocenters. The molecule has 0 aromatic carbocycles. The summed E-state index contributed by atoms with van der Waals surface area (Å²) in [5, 5.41) is 22.8. The highest BCUT2D eigenvalue weighted by Crippen LogP contribution is 2.15. The first kappa shape index (κ1) is 49.6. The second-order valence-corrected chi connectivity index (χ2v) is 15.4. The highest BCUT2D eigenvalue weighted by atomic mass is 16.5. The van der Waals surface area contributed by atoms with Gasteiger partial charge in [0.25, 0.3) is 0 Å². The highest BCUT2D eigenvalue weighted by molar-refractivity contribution is 5.76. The lowest BCUT2D eigenvalue weighted by Gasteiger charge is -2.20. The van der Waals surface area contributed by atoms with Crippen LogP contribution >= 0.6 is 0 Å². The molecule has 0 saturated carbocycles. The quantitative estimate of drug-likeness (QED) is 0.0332. The number of nitrogens with one attached hydrogen (secondary N) is 1. The number of esters is 1. The number of hydrogen-bond acceptors (Lipinski definition) is 5. The van der Waals surface area contributed by atoms with Crippen molar-refractivity contribution in [2.45, 2.75) is 251 Å². The number of carbonyl (C=O) groups is 2. The third-order valence-corrected chi connectivity index (χ3v) is 10.3. The Morgan fingerprint density at radius 2 is 0.902 bits per heavy atom. The molecule has 0 aliphatic heterocycles. The van der Waals surface area contributed by atoms with Gasteiger partial charge in [-0.15, -0.1) is 0 Å². The summed E-state index contributed by atoms with van der Waals surface area (Å²) in [6.45, 7) is 4.82. The van der Waals surface area contributed by atoms with Crippen molar-refractivity contribution in [2.75, 3.05) is 13.2 Å². The fourth-order valence-electron chi connectivity index (χ4n) is 6.81. The number of amides is 1. The summed E-state index contributed by atoms with van der Waals surface area (Å²) in [7, 11) is 0. The van der Waals surface area contributed by atoms with Crippen LogP contribution in [0.1, 0.15) is 239 Å². The number of carbonyl (C=O) groups excluding carboxylic acids is 2. The zero-order valence-corrected chi connectivity index (χ0v) is 34.1. The van der Waals surface area contributed by atoms with Gasteiger partial charge in [-0.3, -0.25) is 9.59 Å². The topological polar surface area (TPSA) is 95.9 Å². The lowest BCUT2D eigenvalue weighted by atomic mass is 10.0. The molecule has 0 aromatic heterocycles. The van der Waals surface area contributed by atoms with Gasteiger partial charge in [-0.1, -0.05) is 206 Å². The summed E-state index contributed by atoms with van der Waals surface area (Å²) in [5.74, 6) is -0.104. The molecule has 0 heterocycles. The minimum Gasteiger partial charge on any atom is -0.466 e. The second-order valence-electron chi connectivity index (χ2n) is 15.4. The van der Waals surface area contributed by atoms with Crippen molar-refractivity contribution in [3.05, 3.63) is 12.2 Å². The van der Waals surface area contributed by atoms with Gasteiger partial charge >= 0.3 is 5.97 Å². The number of unbranched alkanes of at least 4 members (excludes halogenated alkanes) is 30. The van der Waals surface area contributed by atoms with Crippen molar-refractivity contribution in [2.24, 2.45) is 0 Å². The highest BCUT2D eigenvalue weighted by Gasteiger charge is 2.18. The Labute approximate surface area is 317 Å². The second kappa shape index (κ2) is 41.4. The van der Waals surface area contributed by atoms with E-state index in [4.69, 9.17) is 4.74 Å². The molecule has 2 atom stereocenters. The van der Waals surface area contributed by atoms with Gasteiger partial charge in [-0.05, 0) is 32.1 Å². The zero-order chi connectivity index (χ0) is 37.3. The Morgan fingerprint density at radius 1 is 0.529 bits per heavy atom. The number of allylic oxidation sites excluding steroid dienone is 1. The van der Waals surface area contributed by atoms with E-state index in [1.807, 2.05) is 6.08 Å². The fraction of sp³-hybridized carbons (Fsp3) is 0.911. The first-order valence-corrected chi connectivity index (χ1v) is 22.5. The maximum atomic E-state index is 12.3. The molecule has 1 amide bonds. The predicted molar refractivity (Wildman–Crippen MR) is 218 cm³/mol. The van der Waals surface area contributed by atoms with Crippen LogP contribution in [0.15, 0.2) is 12.2 Å². The molecule has 302 valence electrons. The molecular formula is C45H87NO5. The standard InChI is InChI=1S/C45H87NO5/c1-3-5-7-9-11-13-14-15-16-19-23-27-31-35-39-45(50)51-40-36-32-28-24-20-17-18-22-26-30-34-38-44(49)46-42(41-47)43(48)37-33-29-25-21-12-10-8-6-4-2/h33,37,42-43,47-48H,3-32,34-36,38-41H2,1-2H3,(H,46,49)/b37-33+. The summed E-state index contributed by atoms with van der Waals surface area (Å²) >= 11 is 0. The van der Waals surface area contributed by atoms with E-state index in [1.165, 1.54) is 154 Å². The predicted octanol–water partition coefficient (Wildman–Crippen LogP) is 12.6. The molecule has 0 rings (SSSR count). The van der Waals surface area contributed by atoms with Crippen molar-refractivity contribution in [1.29, 1.82) is 0 Å². The fourth-order valence-corrected chi connectivity index (χ4v) is 6.81. The van der Waals surface area contributed by atoms with E-state index < -0.39 is 12.1 Å². The summed E-state index contributed by atoms with van der Waals surface area (Å²) in [5.41, 5.74) is 0. The maximum Gasteiger partial charge on any atom is 0.305 e. The monoisotopic (exact) mass is 722 g/mol. The van der Waals surface area contributed by atoms with Gasteiger partial charge in [0, 0.05) is 12.8 Å². The lowest BCUT2D eigenvalue weighted by Crippen LogP contribution is -2.45. The average molecular weight is 722 g/mol. The van der Waals surface area contributed by atoms with Gasteiger partial charge in [0.05, 0.1) is 25.4 Å². The van der Waals surface area contributed by atoms with Crippen LogP contribution in [0.3, 0.4) is 0 Å². The Balaban J connectivity index is 3.47. The van der Waals surface area contributed by atoms with Crippen LogP contribution in [0.4, 0.5) is 0 Å². The SMILES string of the molecule is CCCCCCCCC/C=C/C(O)C(CO)NC(=O)CCCCCCCCCCCCCOC(=O)CCCCCCCCCCCCCCCC. The van der Waals surface area contributed by atoms with Crippen LogP contribution in [0.5, 0.6) is 0 Å². The van der Waals surface area contributed by atoms with Gasteiger partial charge in [-0.2, -0.15) is 0 Å². The van der Waals surface area contributed by atoms with Crippen molar-refractivity contribution in [3.8, 4) is 0 Å². The van der Waals surface area contributed by atoms with E-state index in [2.05, 4.69) is 19.2 Å². The summed E-state index contributed by atoms with van der Waals surface area (Å²) in [6.07, 6.45) is 44.8. The number of aliphatic hydroxyl groups is 2. The molecule has 0 aliphatic rings. The molecule has 0 aliphatic carbocycles. The molecule has 0 bridgehead atoms. The molecule has 0 fully saturated rings. The van der Waals surface area contributed by atoms with Gasteiger partial charge in [0.2, 0.25) is 5.91 Å². The van der Waals surface area contributed by atoms with Crippen molar-refractivity contribution in [1.82, 2.24) is 5.32 Å². The van der Waals surface area contributed by atoms with E-state index in [0.717, 1.165) is 57.8 Å². The molecule has 51 heavy (non-hydrogen) atoms. The van der Waals surface area contributed by atoms with E-state index in [0.29, 0.717) is 19.4 Å². The van der Waals surface area contributed by atoms with E-state index in [1.54, 1.807) is 6.08 Å². The van der Waals surface area contributed by atoms with Gasteiger partial charge in [-0.25, -0.2) is 0 Å². The smallest absolute Gasteiger partial charge is 0.305 e. The third-order valence-electron chi connectivity index (χ3n) is 10.3. The van der Waals surface area contributed by atoms with Crippen LogP contribution in [0, 0.1) is 0 Å².